The van der Waals surface area contributed by atoms with E-state index in [1.54, 1.807) is 0 Å². The Morgan fingerprint density at radius 1 is 1.38 bits per heavy atom. The zero-order valence-electron chi connectivity index (χ0n) is 10.6. The molecule has 1 aliphatic heterocycles. The molecule has 0 aromatic carbocycles. The summed E-state index contributed by atoms with van der Waals surface area (Å²) in [6, 6.07) is 1.15. The third kappa shape index (κ3) is 3.34. The first-order chi connectivity index (χ1) is 7.56. The van der Waals surface area contributed by atoms with E-state index in [-0.39, 0.29) is 0 Å². The summed E-state index contributed by atoms with van der Waals surface area (Å²) in [4.78, 5) is 13.3. The lowest BCUT2D eigenvalue weighted by Gasteiger charge is -2.38. The first kappa shape index (κ1) is 13.2. The molecule has 0 spiro atoms. The predicted molar refractivity (Wildman–Crippen MR) is 65.5 cm³/mol. The zero-order chi connectivity index (χ0) is 12.1. The van der Waals surface area contributed by atoms with Crippen LogP contribution < -0.4 is 0 Å². The molecule has 3 heteroatoms. The maximum absolute atomic E-state index is 10.9. The van der Waals surface area contributed by atoms with Crippen molar-refractivity contribution in [2.75, 3.05) is 6.54 Å². The summed E-state index contributed by atoms with van der Waals surface area (Å²) in [7, 11) is 0. The molecule has 0 amide bonds. The van der Waals surface area contributed by atoms with Crippen LogP contribution in [0.1, 0.15) is 46.5 Å². The van der Waals surface area contributed by atoms with Crippen LogP contribution in [0.25, 0.3) is 0 Å². The number of likely N-dealkylation sites (tertiary alicyclic amines) is 1. The van der Waals surface area contributed by atoms with Crippen molar-refractivity contribution >= 4 is 5.97 Å². The van der Waals surface area contributed by atoms with Gasteiger partial charge in [-0.2, -0.15) is 0 Å². The second-order valence-corrected chi connectivity index (χ2v) is 4.71. The van der Waals surface area contributed by atoms with Crippen LogP contribution in [0.4, 0.5) is 0 Å². The number of hydrogen-bond acceptors (Lipinski definition) is 2. The Labute approximate surface area is 98.1 Å². The van der Waals surface area contributed by atoms with E-state index in [1.807, 2.05) is 13.0 Å². The molecule has 0 aromatic rings. The maximum atomic E-state index is 10.9. The molecular weight excluding hydrogens is 202 g/mol. The molecule has 1 saturated heterocycles. The molecule has 0 aliphatic carbocycles. The zero-order valence-corrected chi connectivity index (χ0v) is 10.6. The summed E-state index contributed by atoms with van der Waals surface area (Å²) < 4.78 is 0. The Bertz CT molecular complexity index is 263. The van der Waals surface area contributed by atoms with Gasteiger partial charge in [0.25, 0.3) is 0 Å². The van der Waals surface area contributed by atoms with Gasteiger partial charge in [0.1, 0.15) is 0 Å². The molecule has 1 aliphatic rings. The minimum absolute atomic E-state index is 0.532. The Hall–Kier alpha value is -0.830. The molecule has 92 valence electrons. The number of rotatable bonds is 4. The Kier molecular flexibility index (Phi) is 5.00. The van der Waals surface area contributed by atoms with Crippen molar-refractivity contribution in [3.8, 4) is 0 Å². The minimum Gasteiger partial charge on any atom is -0.478 e. The van der Waals surface area contributed by atoms with Gasteiger partial charge in [0.15, 0.2) is 0 Å². The third-order valence-electron chi connectivity index (χ3n) is 3.58. The van der Waals surface area contributed by atoms with E-state index in [4.69, 9.17) is 5.11 Å². The van der Waals surface area contributed by atoms with Gasteiger partial charge in [-0.25, -0.2) is 4.79 Å². The normalized spacial score (nSPS) is 28.1. The summed E-state index contributed by atoms with van der Waals surface area (Å²) in [5.41, 5.74) is 0.532. The van der Waals surface area contributed by atoms with Crippen LogP contribution in [0, 0.1) is 0 Å². The lowest BCUT2D eigenvalue weighted by Crippen LogP contribution is -2.43. The SMILES string of the molecule is CCC(=CCN1[C@H](C)CCC[C@@H]1C)C(=O)O. The summed E-state index contributed by atoms with van der Waals surface area (Å²) in [6.45, 7) is 7.13. The maximum Gasteiger partial charge on any atom is 0.331 e. The van der Waals surface area contributed by atoms with Crippen LogP contribution >= 0.6 is 0 Å². The van der Waals surface area contributed by atoms with E-state index in [0.29, 0.717) is 24.1 Å². The lowest BCUT2D eigenvalue weighted by molar-refractivity contribution is -0.132. The van der Waals surface area contributed by atoms with Gasteiger partial charge in [-0.05, 0) is 33.1 Å². The topological polar surface area (TPSA) is 40.5 Å². The molecular formula is C13H23NO2. The molecule has 1 heterocycles. The van der Waals surface area contributed by atoms with Crippen LogP contribution in [0.15, 0.2) is 11.6 Å². The van der Waals surface area contributed by atoms with Gasteiger partial charge in [-0.15, -0.1) is 0 Å². The number of aliphatic carboxylic acids is 1. The number of carboxylic acid groups (broad SMARTS) is 1. The highest BCUT2D eigenvalue weighted by Gasteiger charge is 2.23. The molecule has 16 heavy (non-hydrogen) atoms. The molecule has 2 atom stereocenters. The number of hydrogen-bond donors (Lipinski definition) is 1. The fraction of sp³-hybridized carbons (Fsp3) is 0.769. The fourth-order valence-electron chi connectivity index (χ4n) is 2.43. The van der Waals surface area contributed by atoms with Crippen molar-refractivity contribution in [3.63, 3.8) is 0 Å². The molecule has 0 saturated carbocycles. The number of piperidine rings is 1. The van der Waals surface area contributed by atoms with Crippen LogP contribution in [0.3, 0.4) is 0 Å². The molecule has 0 unspecified atom stereocenters. The van der Waals surface area contributed by atoms with Crippen molar-refractivity contribution in [2.45, 2.75) is 58.5 Å². The van der Waals surface area contributed by atoms with Gasteiger partial charge in [-0.3, -0.25) is 4.90 Å². The van der Waals surface area contributed by atoms with E-state index in [0.717, 1.165) is 6.54 Å². The van der Waals surface area contributed by atoms with E-state index in [9.17, 15) is 4.79 Å². The monoisotopic (exact) mass is 225 g/mol. The van der Waals surface area contributed by atoms with E-state index in [1.165, 1.54) is 19.3 Å². The molecule has 1 rings (SSSR count). The van der Waals surface area contributed by atoms with Gasteiger partial charge < -0.3 is 5.11 Å². The second-order valence-electron chi connectivity index (χ2n) is 4.71. The highest BCUT2D eigenvalue weighted by atomic mass is 16.4. The second kappa shape index (κ2) is 6.04. The molecule has 0 radical (unpaired) electrons. The average Bonchev–Trinajstić information content (AvgIpc) is 2.22. The quantitative estimate of drug-likeness (QED) is 0.748. The van der Waals surface area contributed by atoms with Gasteiger partial charge >= 0.3 is 5.97 Å². The molecule has 3 nitrogen and oxygen atoms in total. The average molecular weight is 225 g/mol. The van der Waals surface area contributed by atoms with Crippen LogP contribution in [-0.4, -0.2) is 34.6 Å². The van der Waals surface area contributed by atoms with E-state index in [2.05, 4.69) is 18.7 Å². The van der Waals surface area contributed by atoms with Crippen molar-refractivity contribution in [3.05, 3.63) is 11.6 Å². The fourth-order valence-corrected chi connectivity index (χ4v) is 2.43. The van der Waals surface area contributed by atoms with Gasteiger partial charge in [0.2, 0.25) is 0 Å². The third-order valence-corrected chi connectivity index (χ3v) is 3.58. The molecule has 1 N–H and O–H groups in total. The molecule has 0 aromatic heterocycles. The summed E-state index contributed by atoms with van der Waals surface area (Å²) in [5, 5.41) is 8.95. The smallest absolute Gasteiger partial charge is 0.331 e. The van der Waals surface area contributed by atoms with Crippen LogP contribution in [0.2, 0.25) is 0 Å². The standard InChI is InChI=1S/C13H23NO2/c1-4-12(13(15)16)8-9-14-10(2)6-5-7-11(14)3/h8,10-11H,4-7,9H2,1-3H3,(H,15,16)/t10-,11+. The van der Waals surface area contributed by atoms with Crippen LogP contribution in [-0.2, 0) is 4.79 Å². The Morgan fingerprint density at radius 3 is 2.38 bits per heavy atom. The van der Waals surface area contributed by atoms with E-state index < -0.39 is 5.97 Å². The van der Waals surface area contributed by atoms with Crippen molar-refractivity contribution in [1.82, 2.24) is 4.90 Å². The first-order valence-electron chi connectivity index (χ1n) is 6.24. The number of carboxylic acids is 1. The van der Waals surface area contributed by atoms with E-state index >= 15 is 0 Å². The van der Waals surface area contributed by atoms with Gasteiger partial charge in [0.05, 0.1) is 0 Å². The van der Waals surface area contributed by atoms with Gasteiger partial charge in [0, 0.05) is 24.2 Å². The predicted octanol–water partition coefficient (Wildman–Crippen LogP) is 2.67. The lowest BCUT2D eigenvalue weighted by atomic mass is 9.97. The Morgan fingerprint density at radius 2 is 1.94 bits per heavy atom. The molecule has 0 bridgehead atoms. The first-order valence-corrected chi connectivity index (χ1v) is 6.24. The summed E-state index contributed by atoms with van der Waals surface area (Å²) in [5.74, 6) is -0.778. The van der Waals surface area contributed by atoms with Crippen molar-refractivity contribution in [2.24, 2.45) is 0 Å². The molecule has 1 fully saturated rings. The van der Waals surface area contributed by atoms with Crippen molar-refractivity contribution < 1.29 is 9.90 Å². The number of nitrogens with zero attached hydrogens (tertiary/aromatic N) is 1. The van der Waals surface area contributed by atoms with Gasteiger partial charge in [-0.1, -0.05) is 19.4 Å². The van der Waals surface area contributed by atoms with Crippen molar-refractivity contribution in [1.29, 1.82) is 0 Å². The highest BCUT2D eigenvalue weighted by molar-refractivity contribution is 5.86. The summed E-state index contributed by atoms with van der Waals surface area (Å²) in [6.07, 6.45) is 6.23. The largest absolute Gasteiger partial charge is 0.478 e. The number of carbonyl (C=O) groups is 1. The summed E-state index contributed by atoms with van der Waals surface area (Å²) >= 11 is 0. The Balaban J connectivity index is 2.61. The highest BCUT2D eigenvalue weighted by Crippen LogP contribution is 2.22. The minimum atomic E-state index is -0.778. The van der Waals surface area contributed by atoms with Crippen LogP contribution in [0.5, 0.6) is 0 Å².